The molecule has 0 spiro atoms. The van der Waals surface area contributed by atoms with Gasteiger partial charge in [0.1, 0.15) is 5.75 Å². The largest absolute Gasteiger partial charge is 0.497 e. The number of fused-ring (bicyclic) bond motifs is 1. The first kappa shape index (κ1) is 23.6. The molecule has 0 radical (unpaired) electrons. The number of hydrogen-bond donors (Lipinski definition) is 0. The Morgan fingerprint density at radius 2 is 1.84 bits per heavy atom. The molecule has 1 heterocycles. The average molecular weight is 458 g/mol. The van der Waals surface area contributed by atoms with Crippen LogP contribution < -0.4 is 9.64 Å². The van der Waals surface area contributed by atoms with Crippen molar-refractivity contribution < 1.29 is 9.53 Å². The van der Waals surface area contributed by atoms with E-state index >= 15 is 0 Å². The Labute approximate surface area is 193 Å². The number of amides is 1. The standard InChI is InChI=1S/C24H31N3O2S2/c1-17-8-13-21-23(18(17)2)25-24(31-21)27(15-14-26(3)4)22(28)7-6-16-30-20-11-9-19(29-5)10-12-20/h8-13H,6-7,14-16H2,1-5H3. The van der Waals surface area contributed by atoms with Crippen molar-refractivity contribution in [2.24, 2.45) is 0 Å². The number of rotatable bonds is 10. The number of methoxy groups -OCH3 is 1. The number of carbonyl (C=O) groups excluding carboxylic acids is 1. The van der Waals surface area contributed by atoms with Crippen molar-refractivity contribution in [3.63, 3.8) is 0 Å². The summed E-state index contributed by atoms with van der Waals surface area (Å²) in [7, 11) is 5.73. The number of hydrogen-bond acceptors (Lipinski definition) is 6. The molecule has 5 nitrogen and oxygen atoms in total. The van der Waals surface area contributed by atoms with Gasteiger partial charge in [0, 0.05) is 24.4 Å². The van der Waals surface area contributed by atoms with E-state index in [4.69, 9.17) is 9.72 Å². The molecular weight excluding hydrogens is 426 g/mol. The van der Waals surface area contributed by atoms with Gasteiger partial charge < -0.3 is 9.64 Å². The van der Waals surface area contributed by atoms with Crippen molar-refractivity contribution in [3.05, 3.63) is 47.5 Å². The van der Waals surface area contributed by atoms with Gasteiger partial charge in [-0.2, -0.15) is 0 Å². The van der Waals surface area contributed by atoms with Gasteiger partial charge in [-0.15, -0.1) is 11.8 Å². The van der Waals surface area contributed by atoms with E-state index in [1.165, 1.54) is 16.0 Å². The third-order valence-electron chi connectivity index (χ3n) is 5.24. The van der Waals surface area contributed by atoms with E-state index in [-0.39, 0.29) is 5.91 Å². The summed E-state index contributed by atoms with van der Waals surface area (Å²) >= 11 is 3.37. The minimum absolute atomic E-state index is 0.144. The molecule has 0 bridgehead atoms. The fourth-order valence-electron chi connectivity index (χ4n) is 3.18. The summed E-state index contributed by atoms with van der Waals surface area (Å²) in [5.74, 6) is 1.90. The molecule has 0 aliphatic rings. The Morgan fingerprint density at radius 1 is 1.10 bits per heavy atom. The predicted octanol–water partition coefficient (Wildman–Crippen LogP) is 5.39. The molecule has 0 saturated carbocycles. The van der Waals surface area contributed by atoms with E-state index in [1.54, 1.807) is 30.2 Å². The van der Waals surface area contributed by atoms with Crippen LogP contribution in [0.3, 0.4) is 0 Å². The number of anilines is 1. The lowest BCUT2D eigenvalue weighted by Crippen LogP contribution is -2.36. The number of benzene rings is 2. The van der Waals surface area contributed by atoms with E-state index in [1.807, 2.05) is 31.1 Å². The van der Waals surface area contributed by atoms with Crippen LogP contribution in [0, 0.1) is 13.8 Å². The first-order valence-corrected chi connectivity index (χ1v) is 12.3. The average Bonchev–Trinajstić information content (AvgIpc) is 3.19. The summed E-state index contributed by atoms with van der Waals surface area (Å²) in [5, 5.41) is 0.804. The molecule has 31 heavy (non-hydrogen) atoms. The SMILES string of the molecule is COc1ccc(SCCCC(=O)N(CCN(C)C)c2nc3c(C)c(C)ccc3s2)cc1. The zero-order chi connectivity index (χ0) is 22.4. The summed E-state index contributed by atoms with van der Waals surface area (Å²) in [5.41, 5.74) is 3.43. The van der Waals surface area contributed by atoms with Gasteiger partial charge >= 0.3 is 0 Å². The minimum Gasteiger partial charge on any atom is -0.497 e. The number of thiazole rings is 1. The Bertz CT molecular complexity index is 1020. The number of likely N-dealkylation sites (N-methyl/N-ethyl adjacent to an activating group) is 1. The first-order chi connectivity index (χ1) is 14.9. The van der Waals surface area contributed by atoms with E-state index in [0.29, 0.717) is 13.0 Å². The van der Waals surface area contributed by atoms with Crippen molar-refractivity contribution in [3.8, 4) is 5.75 Å². The molecule has 3 rings (SSSR count). The maximum Gasteiger partial charge on any atom is 0.228 e. The minimum atomic E-state index is 0.144. The summed E-state index contributed by atoms with van der Waals surface area (Å²) in [6.07, 6.45) is 1.35. The Kier molecular flexibility index (Phi) is 8.35. The van der Waals surface area contributed by atoms with Crippen LogP contribution in [0.1, 0.15) is 24.0 Å². The normalized spacial score (nSPS) is 11.3. The molecule has 0 fully saturated rings. The van der Waals surface area contributed by atoms with Gasteiger partial charge in [0.15, 0.2) is 5.13 Å². The monoisotopic (exact) mass is 457 g/mol. The maximum atomic E-state index is 13.1. The molecule has 1 amide bonds. The van der Waals surface area contributed by atoms with Gasteiger partial charge in [0.25, 0.3) is 0 Å². The van der Waals surface area contributed by atoms with Gasteiger partial charge in [0.2, 0.25) is 5.91 Å². The zero-order valence-electron chi connectivity index (χ0n) is 19.0. The predicted molar refractivity (Wildman–Crippen MR) is 133 cm³/mol. The second-order valence-electron chi connectivity index (χ2n) is 7.83. The van der Waals surface area contributed by atoms with E-state index < -0.39 is 0 Å². The number of carbonyl (C=O) groups is 1. The third-order valence-corrected chi connectivity index (χ3v) is 7.38. The zero-order valence-corrected chi connectivity index (χ0v) is 20.6. The third kappa shape index (κ3) is 6.21. The summed E-state index contributed by atoms with van der Waals surface area (Å²) in [6.45, 7) is 5.66. The first-order valence-electron chi connectivity index (χ1n) is 10.5. The molecule has 0 unspecified atom stereocenters. The van der Waals surface area contributed by atoms with Crippen LogP contribution in [-0.4, -0.2) is 55.8 Å². The van der Waals surface area contributed by atoms with E-state index in [0.717, 1.165) is 39.8 Å². The fourth-order valence-corrected chi connectivity index (χ4v) is 5.10. The van der Waals surface area contributed by atoms with Crippen molar-refractivity contribution in [1.29, 1.82) is 0 Å². The topological polar surface area (TPSA) is 45.7 Å². The number of aryl methyl sites for hydroxylation is 2. The van der Waals surface area contributed by atoms with E-state index in [9.17, 15) is 4.79 Å². The molecule has 0 N–H and O–H groups in total. The number of nitrogens with zero attached hydrogens (tertiary/aromatic N) is 3. The fraction of sp³-hybridized carbons (Fsp3) is 0.417. The molecule has 166 valence electrons. The molecule has 0 aliphatic carbocycles. The Hall–Kier alpha value is -2.09. The quantitative estimate of drug-likeness (QED) is 0.302. The van der Waals surface area contributed by atoms with Crippen molar-refractivity contribution >= 4 is 44.4 Å². The molecule has 0 atom stereocenters. The summed E-state index contributed by atoms with van der Waals surface area (Å²) < 4.78 is 6.34. The Morgan fingerprint density at radius 3 is 2.52 bits per heavy atom. The molecule has 3 aromatic rings. The second kappa shape index (κ2) is 11.0. The molecule has 7 heteroatoms. The smallest absolute Gasteiger partial charge is 0.228 e. The van der Waals surface area contributed by atoms with E-state index in [2.05, 4.69) is 43.0 Å². The Balaban J connectivity index is 1.65. The van der Waals surface area contributed by atoms with Crippen LogP contribution in [0.5, 0.6) is 5.75 Å². The van der Waals surface area contributed by atoms with Crippen LogP contribution in [0.25, 0.3) is 10.2 Å². The molecule has 2 aromatic carbocycles. The molecule has 0 aliphatic heterocycles. The van der Waals surface area contributed by atoms with Crippen molar-refractivity contribution in [2.75, 3.05) is 44.9 Å². The van der Waals surface area contributed by atoms with Gasteiger partial charge in [-0.25, -0.2) is 4.98 Å². The highest BCUT2D eigenvalue weighted by Gasteiger charge is 2.20. The highest BCUT2D eigenvalue weighted by atomic mass is 32.2. The van der Waals surface area contributed by atoms with Crippen LogP contribution in [0.2, 0.25) is 0 Å². The second-order valence-corrected chi connectivity index (χ2v) is 10.0. The highest BCUT2D eigenvalue weighted by molar-refractivity contribution is 7.99. The summed E-state index contributed by atoms with van der Waals surface area (Å²) in [6, 6.07) is 12.3. The lowest BCUT2D eigenvalue weighted by molar-refractivity contribution is -0.118. The lowest BCUT2D eigenvalue weighted by atomic mass is 10.1. The van der Waals surface area contributed by atoms with Crippen molar-refractivity contribution in [1.82, 2.24) is 9.88 Å². The van der Waals surface area contributed by atoms with Gasteiger partial charge in [-0.1, -0.05) is 17.4 Å². The molecule has 1 aromatic heterocycles. The molecular formula is C24H31N3O2S2. The van der Waals surface area contributed by atoms with Crippen LogP contribution >= 0.6 is 23.1 Å². The number of thioether (sulfide) groups is 1. The highest BCUT2D eigenvalue weighted by Crippen LogP contribution is 2.32. The van der Waals surface area contributed by atoms with Crippen LogP contribution in [-0.2, 0) is 4.79 Å². The number of aromatic nitrogens is 1. The van der Waals surface area contributed by atoms with Crippen LogP contribution in [0.4, 0.5) is 5.13 Å². The van der Waals surface area contributed by atoms with Crippen molar-refractivity contribution in [2.45, 2.75) is 31.6 Å². The van der Waals surface area contributed by atoms with Crippen LogP contribution in [0.15, 0.2) is 41.3 Å². The number of ether oxygens (including phenoxy) is 1. The van der Waals surface area contributed by atoms with Gasteiger partial charge in [0.05, 0.1) is 17.3 Å². The molecule has 0 saturated heterocycles. The maximum absolute atomic E-state index is 13.1. The van der Waals surface area contributed by atoms with Gasteiger partial charge in [-0.3, -0.25) is 9.69 Å². The summed E-state index contributed by atoms with van der Waals surface area (Å²) in [4.78, 5) is 23.1. The lowest BCUT2D eigenvalue weighted by Gasteiger charge is -2.22. The van der Waals surface area contributed by atoms with Gasteiger partial charge in [-0.05, 0) is 81.6 Å².